The van der Waals surface area contributed by atoms with Crippen LogP contribution >= 0.6 is 0 Å². The third kappa shape index (κ3) is 5.09. The number of hydrogen-bond donors (Lipinski definition) is 3. The summed E-state index contributed by atoms with van der Waals surface area (Å²) in [4.78, 5) is 33.1. The molecule has 0 aliphatic heterocycles. The lowest BCUT2D eigenvalue weighted by Crippen LogP contribution is -2.27. The van der Waals surface area contributed by atoms with Crippen LogP contribution in [-0.2, 0) is 16.0 Å². The van der Waals surface area contributed by atoms with Gasteiger partial charge in [0.15, 0.2) is 0 Å². The molecule has 6 heteroatoms. The predicted molar refractivity (Wildman–Crippen MR) is 71.5 cm³/mol. The minimum Gasteiger partial charge on any atom is -0.481 e. The Hall–Kier alpha value is -2.37. The zero-order valence-corrected chi connectivity index (χ0v) is 11.1. The highest BCUT2D eigenvalue weighted by Gasteiger charge is 2.12. The molecule has 20 heavy (non-hydrogen) atoms. The lowest BCUT2D eigenvalue weighted by Gasteiger charge is -2.08. The number of nitrogens with one attached hydrogen (secondary N) is 1. The van der Waals surface area contributed by atoms with Gasteiger partial charge in [0.2, 0.25) is 0 Å². The van der Waals surface area contributed by atoms with Crippen molar-refractivity contribution in [3.05, 3.63) is 35.4 Å². The van der Waals surface area contributed by atoms with E-state index in [0.717, 1.165) is 0 Å². The van der Waals surface area contributed by atoms with E-state index in [2.05, 4.69) is 5.32 Å². The Kier molecular flexibility index (Phi) is 5.71. The van der Waals surface area contributed by atoms with Crippen molar-refractivity contribution < 1.29 is 24.6 Å². The molecule has 0 aliphatic carbocycles. The van der Waals surface area contributed by atoms with E-state index < -0.39 is 17.9 Å². The molecular formula is C14H17NO5. The molecule has 0 heterocycles. The van der Waals surface area contributed by atoms with Crippen LogP contribution in [-0.4, -0.2) is 34.6 Å². The summed E-state index contributed by atoms with van der Waals surface area (Å²) in [7, 11) is 0. The van der Waals surface area contributed by atoms with Gasteiger partial charge in [-0.15, -0.1) is 0 Å². The van der Waals surface area contributed by atoms with Crippen molar-refractivity contribution in [2.24, 2.45) is 5.92 Å². The number of carbonyl (C=O) groups excluding carboxylic acids is 1. The minimum absolute atomic E-state index is 0.142. The molecule has 1 rings (SSSR count). The summed E-state index contributed by atoms with van der Waals surface area (Å²) in [5.74, 6) is -2.72. The van der Waals surface area contributed by atoms with E-state index >= 15 is 0 Å². The number of benzene rings is 1. The van der Waals surface area contributed by atoms with Gasteiger partial charge in [-0.2, -0.15) is 0 Å². The SMILES string of the molecule is C[C@H](CCNC(=O)c1cccc(CC(=O)O)c1)C(=O)O. The van der Waals surface area contributed by atoms with Gasteiger partial charge in [-0.05, 0) is 24.1 Å². The zero-order chi connectivity index (χ0) is 15.1. The van der Waals surface area contributed by atoms with Crippen molar-refractivity contribution in [2.45, 2.75) is 19.8 Å². The Morgan fingerprint density at radius 2 is 1.95 bits per heavy atom. The highest BCUT2D eigenvalue weighted by Crippen LogP contribution is 2.07. The fourth-order valence-corrected chi connectivity index (χ4v) is 1.62. The van der Waals surface area contributed by atoms with E-state index in [0.29, 0.717) is 17.5 Å². The van der Waals surface area contributed by atoms with Gasteiger partial charge in [-0.25, -0.2) is 0 Å². The maximum absolute atomic E-state index is 11.8. The van der Waals surface area contributed by atoms with Gasteiger partial charge in [0, 0.05) is 12.1 Å². The second-order valence-electron chi connectivity index (χ2n) is 4.55. The molecule has 108 valence electrons. The van der Waals surface area contributed by atoms with E-state index in [1.165, 1.54) is 6.07 Å². The van der Waals surface area contributed by atoms with Crippen molar-refractivity contribution in [1.29, 1.82) is 0 Å². The molecule has 0 fully saturated rings. The monoisotopic (exact) mass is 279 g/mol. The summed E-state index contributed by atoms with van der Waals surface area (Å²) >= 11 is 0. The number of carboxylic acids is 2. The zero-order valence-electron chi connectivity index (χ0n) is 11.1. The number of carbonyl (C=O) groups is 3. The van der Waals surface area contributed by atoms with Crippen molar-refractivity contribution in [3.8, 4) is 0 Å². The first-order valence-corrected chi connectivity index (χ1v) is 6.22. The molecule has 3 N–H and O–H groups in total. The molecule has 0 aliphatic rings. The first-order chi connectivity index (χ1) is 9.40. The summed E-state index contributed by atoms with van der Waals surface area (Å²) in [5, 5.41) is 20.0. The number of hydrogen-bond acceptors (Lipinski definition) is 3. The van der Waals surface area contributed by atoms with Crippen LogP contribution in [0.25, 0.3) is 0 Å². The molecule has 0 radical (unpaired) electrons. The quantitative estimate of drug-likeness (QED) is 0.694. The van der Waals surface area contributed by atoms with Gasteiger partial charge in [-0.1, -0.05) is 19.1 Å². The van der Waals surface area contributed by atoms with Crippen LogP contribution < -0.4 is 5.32 Å². The van der Waals surface area contributed by atoms with E-state index in [1.54, 1.807) is 25.1 Å². The lowest BCUT2D eigenvalue weighted by molar-refractivity contribution is -0.141. The molecule has 0 saturated carbocycles. The van der Waals surface area contributed by atoms with Crippen LogP contribution in [0.2, 0.25) is 0 Å². The normalized spacial score (nSPS) is 11.7. The molecule has 0 unspecified atom stereocenters. The molecule has 6 nitrogen and oxygen atoms in total. The van der Waals surface area contributed by atoms with Gasteiger partial charge in [-0.3, -0.25) is 14.4 Å². The molecular weight excluding hydrogens is 262 g/mol. The number of carboxylic acid groups (broad SMARTS) is 2. The topological polar surface area (TPSA) is 104 Å². The van der Waals surface area contributed by atoms with Crippen LogP contribution in [0.1, 0.15) is 29.3 Å². The summed E-state index contributed by atoms with van der Waals surface area (Å²) < 4.78 is 0. The van der Waals surface area contributed by atoms with E-state index in [1.807, 2.05) is 0 Å². The third-order valence-electron chi connectivity index (χ3n) is 2.83. The number of aliphatic carboxylic acids is 2. The lowest BCUT2D eigenvalue weighted by atomic mass is 10.1. The van der Waals surface area contributed by atoms with E-state index in [9.17, 15) is 14.4 Å². The smallest absolute Gasteiger partial charge is 0.307 e. The number of amides is 1. The van der Waals surface area contributed by atoms with Gasteiger partial charge >= 0.3 is 11.9 Å². The Labute approximate surface area is 116 Å². The van der Waals surface area contributed by atoms with Crippen LogP contribution in [0.3, 0.4) is 0 Å². The first-order valence-electron chi connectivity index (χ1n) is 6.22. The molecule has 1 atom stereocenters. The van der Waals surface area contributed by atoms with Gasteiger partial charge < -0.3 is 15.5 Å². The fraction of sp³-hybridized carbons (Fsp3) is 0.357. The predicted octanol–water partition coefficient (Wildman–Crippen LogP) is 1.15. The average molecular weight is 279 g/mol. The molecule has 1 aromatic rings. The fourth-order valence-electron chi connectivity index (χ4n) is 1.62. The van der Waals surface area contributed by atoms with E-state index in [-0.39, 0.29) is 18.9 Å². The highest BCUT2D eigenvalue weighted by atomic mass is 16.4. The van der Waals surface area contributed by atoms with Gasteiger partial charge in [0.25, 0.3) is 5.91 Å². The van der Waals surface area contributed by atoms with Crippen molar-refractivity contribution in [3.63, 3.8) is 0 Å². The Morgan fingerprint density at radius 1 is 1.25 bits per heavy atom. The van der Waals surface area contributed by atoms with Gasteiger partial charge in [0.1, 0.15) is 0 Å². The van der Waals surface area contributed by atoms with Gasteiger partial charge in [0.05, 0.1) is 12.3 Å². The molecule has 0 aromatic heterocycles. The summed E-state index contributed by atoms with van der Waals surface area (Å²) in [6, 6.07) is 6.36. The van der Waals surface area contributed by atoms with Crippen LogP contribution in [0.5, 0.6) is 0 Å². The molecule has 0 saturated heterocycles. The highest BCUT2D eigenvalue weighted by molar-refractivity contribution is 5.94. The van der Waals surface area contributed by atoms with Crippen LogP contribution in [0.4, 0.5) is 0 Å². The Bertz CT molecular complexity index is 512. The molecule has 1 amide bonds. The van der Waals surface area contributed by atoms with Crippen LogP contribution in [0.15, 0.2) is 24.3 Å². The van der Waals surface area contributed by atoms with Crippen LogP contribution in [0, 0.1) is 5.92 Å². The second-order valence-corrected chi connectivity index (χ2v) is 4.55. The van der Waals surface area contributed by atoms with E-state index in [4.69, 9.17) is 10.2 Å². The largest absolute Gasteiger partial charge is 0.481 e. The maximum Gasteiger partial charge on any atom is 0.307 e. The molecule has 1 aromatic carbocycles. The summed E-state index contributed by atoms with van der Waals surface area (Å²) in [5.41, 5.74) is 0.913. The van der Waals surface area contributed by atoms with Crippen molar-refractivity contribution in [2.75, 3.05) is 6.54 Å². The standard InChI is InChI=1S/C14H17NO5/c1-9(14(19)20)5-6-15-13(18)11-4-2-3-10(7-11)8-12(16)17/h2-4,7,9H,5-6,8H2,1H3,(H,15,18)(H,16,17)(H,19,20)/t9-/m1/s1. The second kappa shape index (κ2) is 7.28. The third-order valence-corrected chi connectivity index (χ3v) is 2.83. The minimum atomic E-state index is -0.960. The number of rotatable bonds is 7. The molecule has 0 spiro atoms. The van der Waals surface area contributed by atoms with Crippen molar-refractivity contribution >= 4 is 17.8 Å². The Morgan fingerprint density at radius 3 is 2.55 bits per heavy atom. The maximum atomic E-state index is 11.8. The van der Waals surface area contributed by atoms with Crippen molar-refractivity contribution in [1.82, 2.24) is 5.32 Å². The average Bonchev–Trinajstić information content (AvgIpc) is 2.37. The molecule has 0 bridgehead atoms. The summed E-state index contributed by atoms with van der Waals surface area (Å²) in [6.45, 7) is 1.83. The Balaban J connectivity index is 2.55. The summed E-state index contributed by atoms with van der Waals surface area (Å²) in [6.07, 6.45) is 0.201. The first kappa shape index (κ1) is 15.7.